The van der Waals surface area contributed by atoms with Gasteiger partial charge in [-0.15, -0.1) is 11.6 Å². The van der Waals surface area contributed by atoms with E-state index in [2.05, 4.69) is 0 Å². The van der Waals surface area contributed by atoms with E-state index < -0.39 is 5.38 Å². The van der Waals surface area contributed by atoms with Gasteiger partial charge in [0.05, 0.1) is 6.10 Å². The number of aliphatic hydroxyl groups excluding tert-OH is 1. The van der Waals surface area contributed by atoms with Gasteiger partial charge in [0, 0.05) is 13.1 Å². The molecule has 0 aromatic rings. The number of rotatable bonds is 1. The molecule has 0 aromatic carbocycles. The minimum atomic E-state index is -0.472. The molecular weight excluding hydrogens is 166 g/mol. The fraction of sp³-hybridized carbons (Fsp3) is 0.857. The van der Waals surface area contributed by atoms with Gasteiger partial charge in [-0.1, -0.05) is 0 Å². The summed E-state index contributed by atoms with van der Waals surface area (Å²) >= 11 is 5.58. The van der Waals surface area contributed by atoms with Crippen LogP contribution in [0.15, 0.2) is 0 Å². The summed E-state index contributed by atoms with van der Waals surface area (Å²) in [7, 11) is 0. The molecule has 4 heteroatoms. The summed E-state index contributed by atoms with van der Waals surface area (Å²) in [4.78, 5) is 12.8. The smallest absolute Gasteiger partial charge is 0.240 e. The molecule has 64 valence electrons. The van der Waals surface area contributed by atoms with Gasteiger partial charge in [-0.05, 0) is 13.3 Å². The van der Waals surface area contributed by atoms with Crippen LogP contribution in [0.2, 0.25) is 0 Å². The Balaban J connectivity index is 2.43. The minimum absolute atomic E-state index is 0.0804. The normalized spacial score (nSPS) is 27.2. The Morgan fingerprint density at radius 2 is 2.45 bits per heavy atom. The van der Waals surface area contributed by atoms with Crippen molar-refractivity contribution in [1.29, 1.82) is 0 Å². The van der Waals surface area contributed by atoms with Crippen molar-refractivity contribution >= 4 is 17.5 Å². The van der Waals surface area contributed by atoms with Crippen LogP contribution in [0.1, 0.15) is 13.3 Å². The SMILES string of the molecule is C[C@H](Cl)C(=O)N1CC[C@H](O)C1. The number of halogens is 1. The lowest BCUT2D eigenvalue weighted by Crippen LogP contribution is -2.34. The zero-order valence-electron chi connectivity index (χ0n) is 6.46. The molecule has 3 nitrogen and oxygen atoms in total. The van der Waals surface area contributed by atoms with Crippen LogP contribution < -0.4 is 0 Å². The molecule has 0 spiro atoms. The second-order valence-corrected chi connectivity index (χ2v) is 3.50. The number of nitrogens with zero attached hydrogens (tertiary/aromatic N) is 1. The van der Waals surface area contributed by atoms with Gasteiger partial charge in [-0.2, -0.15) is 0 Å². The number of likely N-dealkylation sites (tertiary alicyclic amines) is 1. The first-order valence-electron chi connectivity index (χ1n) is 3.72. The number of aliphatic hydroxyl groups is 1. The predicted octanol–water partition coefficient (Wildman–Crippen LogP) is 0.207. The molecule has 0 aliphatic carbocycles. The van der Waals surface area contributed by atoms with Crippen molar-refractivity contribution in [1.82, 2.24) is 4.90 Å². The Morgan fingerprint density at radius 3 is 2.82 bits per heavy atom. The minimum Gasteiger partial charge on any atom is -0.391 e. The highest BCUT2D eigenvalue weighted by molar-refractivity contribution is 6.30. The van der Waals surface area contributed by atoms with Crippen molar-refractivity contribution in [3.63, 3.8) is 0 Å². The summed E-state index contributed by atoms with van der Waals surface area (Å²) < 4.78 is 0. The fourth-order valence-corrected chi connectivity index (χ4v) is 1.33. The Morgan fingerprint density at radius 1 is 1.82 bits per heavy atom. The first-order chi connectivity index (χ1) is 5.11. The molecule has 1 rings (SSSR count). The van der Waals surface area contributed by atoms with E-state index >= 15 is 0 Å². The Labute approximate surface area is 70.9 Å². The monoisotopic (exact) mass is 177 g/mol. The van der Waals surface area contributed by atoms with E-state index in [0.29, 0.717) is 19.5 Å². The number of β-amino-alcohol motifs (C(OH)–C–C–N with tert-alkyl or cyclic N) is 1. The van der Waals surface area contributed by atoms with Gasteiger partial charge in [0.1, 0.15) is 5.38 Å². The zero-order chi connectivity index (χ0) is 8.43. The van der Waals surface area contributed by atoms with Crippen LogP contribution >= 0.6 is 11.6 Å². The maximum atomic E-state index is 11.2. The highest BCUT2D eigenvalue weighted by Gasteiger charge is 2.26. The molecule has 0 unspecified atom stereocenters. The summed E-state index contributed by atoms with van der Waals surface area (Å²) in [5.41, 5.74) is 0. The van der Waals surface area contributed by atoms with E-state index in [-0.39, 0.29) is 12.0 Å². The van der Waals surface area contributed by atoms with Crippen LogP contribution in [0, 0.1) is 0 Å². The Kier molecular flexibility index (Phi) is 2.73. The molecule has 0 radical (unpaired) electrons. The molecule has 2 atom stereocenters. The number of carbonyl (C=O) groups is 1. The summed E-state index contributed by atoms with van der Waals surface area (Å²) in [6, 6.07) is 0. The van der Waals surface area contributed by atoms with E-state index in [0.717, 1.165) is 0 Å². The summed E-state index contributed by atoms with van der Waals surface area (Å²) in [6.45, 7) is 2.72. The number of amides is 1. The third-order valence-electron chi connectivity index (χ3n) is 1.82. The van der Waals surface area contributed by atoms with E-state index in [1.807, 2.05) is 0 Å². The first-order valence-corrected chi connectivity index (χ1v) is 4.16. The molecule has 1 heterocycles. The molecule has 1 aliphatic heterocycles. The molecule has 1 fully saturated rings. The lowest BCUT2D eigenvalue weighted by atomic mass is 10.3. The lowest BCUT2D eigenvalue weighted by molar-refractivity contribution is -0.129. The highest BCUT2D eigenvalue weighted by Crippen LogP contribution is 2.11. The lowest BCUT2D eigenvalue weighted by Gasteiger charge is -2.16. The van der Waals surface area contributed by atoms with E-state index in [1.165, 1.54) is 0 Å². The van der Waals surface area contributed by atoms with Gasteiger partial charge in [-0.3, -0.25) is 4.79 Å². The number of hydrogen-bond acceptors (Lipinski definition) is 2. The molecule has 11 heavy (non-hydrogen) atoms. The maximum absolute atomic E-state index is 11.2. The predicted molar refractivity (Wildman–Crippen MR) is 42.5 cm³/mol. The average Bonchev–Trinajstić information content (AvgIpc) is 2.34. The maximum Gasteiger partial charge on any atom is 0.240 e. The second kappa shape index (κ2) is 3.41. The molecule has 1 amide bonds. The van der Waals surface area contributed by atoms with Crippen molar-refractivity contribution in [2.24, 2.45) is 0 Å². The van der Waals surface area contributed by atoms with Crippen molar-refractivity contribution in [2.75, 3.05) is 13.1 Å². The van der Waals surface area contributed by atoms with Crippen LogP contribution in [-0.4, -0.2) is 40.5 Å². The van der Waals surface area contributed by atoms with Crippen molar-refractivity contribution < 1.29 is 9.90 Å². The number of carbonyl (C=O) groups excluding carboxylic acids is 1. The standard InChI is InChI=1S/C7H12ClNO2/c1-5(8)7(11)9-3-2-6(10)4-9/h5-6,10H,2-4H2,1H3/t5-,6-/m0/s1. The average molecular weight is 178 g/mol. The quantitative estimate of drug-likeness (QED) is 0.582. The Bertz CT molecular complexity index is 161. The molecule has 1 saturated heterocycles. The first kappa shape index (κ1) is 8.81. The third kappa shape index (κ3) is 2.07. The van der Waals surface area contributed by atoms with Crippen molar-refractivity contribution in [2.45, 2.75) is 24.8 Å². The van der Waals surface area contributed by atoms with Gasteiger partial charge >= 0.3 is 0 Å². The molecule has 0 saturated carbocycles. The van der Waals surface area contributed by atoms with E-state index in [9.17, 15) is 4.79 Å². The number of hydrogen-bond donors (Lipinski definition) is 1. The zero-order valence-corrected chi connectivity index (χ0v) is 7.21. The molecular formula is C7H12ClNO2. The van der Waals surface area contributed by atoms with Crippen molar-refractivity contribution in [3.05, 3.63) is 0 Å². The largest absolute Gasteiger partial charge is 0.391 e. The van der Waals surface area contributed by atoms with E-state index in [4.69, 9.17) is 16.7 Å². The summed E-state index contributed by atoms with van der Waals surface area (Å²) in [5.74, 6) is -0.0804. The van der Waals surface area contributed by atoms with Gasteiger partial charge in [0.15, 0.2) is 0 Å². The van der Waals surface area contributed by atoms with Gasteiger partial charge in [-0.25, -0.2) is 0 Å². The van der Waals surface area contributed by atoms with E-state index in [1.54, 1.807) is 11.8 Å². The van der Waals surface area contributed by atoms with Gasteiger partial charge < -0.3 is 10.0 Å². The van der Waals surface area contributed by atoms with Gasteiger partial charge in [0.25, 0.3) is 0 Å². The Hall–Kier alpha value is -0.280. The fourth-order valence-electron chi connectivity index (χ4n) is 1.19. The van der Waals surface area contributed by atoms with Crippen LogP contribution in [0.4, 0.5) is 0 Å². The third-order valence-corrected chi connectivity index (χ3v) is 2.00. The van der Waals surface area contributed by atoms with Crippen molar-refractivity contribution in [3.8, 4) is 0 Å². The van der Waals surface area contributed by atoms with Crippen LogP contribution in [-0.2, 0) is 4.79 Å². The molecule has 0 bridgehead atoms. The van der Waals surface area contributed by atoms with Gasteiger partial charge in [0.2, 0.25) is 5.91 Å². The molecule has 1 aliphatic rings. The summed E-state index contributed by atoms with van der Waals surface area (Å²) in [6.07, 6.45) is 0.324. The van der Waals surface area contributed by atoms with Crippen LogP contribution in [0.5, 0.6) is 0 Å². The number of alkyl halides is 1. The van der Waals surface area contributed by atoms with Crippen LogP contribution in [0.3, 0.4) is 0 Å². The van der Waals surface area contributed by atoms with Crippen LogP contribution in [0.25, 0.3) is 0 Å². The second-order valence-electron chi connectivity index (χ2n) is 2.84. The summed E-state index contributed by atoms with van der Waals surface area (Å²) in [5, 5.41) is 8.62. The highest BCUT2D eigenvalue weighted by atomic mass is 35.5. The molecule has 1 N–H and O–H groups in total. The molecule has 0 aromatic heterocycles. The topological polar surface area (TPSA) is 40.5 Å².